The van der Waals surface area contributed by atoms with Gasteiger partial charge in [-0.1, -0.05) is 12.5 Å². The van der Waals surface area contributed by atoms with E-state index in [9.17, 15) is 9.59 Å². The van der Waals surface area contributed by atoms with Crippen LogP contribution in [0.25, 0.3) is 0 Å². The maximum absolute atomic E-state index is 11.6. The van der Waals surface area contributed by atoms with Crippen molar-refractivity contribution in [3.63, 3.8) is 0 Å². The topological polar surface area (TPSA) is 43.4 Å². The van der Waals surface area contributed by atoms with Gasteiger partial charge in [0.05, 0.1) is 12.5 Å². The van der Waals surface area contributed by atoms with E-state index in [2.05, 4.69) is 0 Å². The zero-order valence-corrected chi connectivity index (χ0v) is 9.09. The van der Waals surface area contributed by atoms with E-state index < -0.39 is 5.41 Å². The Morgan fingerprint density at radius 3 is 2.64 bits per heavy atom. The van der Waals surface area contributed by atoms with Crippen molar-refractivity contribution in [3.8, 4) is 0 Å². The second-order valence-corrected chi connectivity index (χ2v) is 4.09. The van der Waals surface area contributed by atoms with Crippen molar-refractivity contribution in [3.05, 3.63) is 11.6 Å². The van der Waals surface area contributed by atoms with Gasteiger partial charge in [-0.3, -0.25) is 9.59 Å². The van der Waals surface area contributed by atoms with Crippen LogP contribution in [0.3, 0.4) is 0 Å². The van der Waals surface area contributed by atoms with Crippen molar-refractivity contribution < 1.29 is 14.3 Å². The van der Waals surface area contributed by atoms with Crippen LogP contribution in [0.15, 0.2) is 11.6 Å². The van der Waals surface area contributed by atoms with Gasteiger partial charge in [0.25, 0.3) is 0 Å². The molecule has 0 fully saturated rings. The summed E-state index contributed by atoms with van der Waals surface area (Å²) in [5.74, 6) is -0.157. The molecule has 1 aliphatic rings. The fourth-order valence-corrected chi connectivity index (χ4v) is 1.92. The number of ether oxygens (including phenoxy) is 1. The van der Waals surface area contributed by atoms with Crippen LogP contribution in [0.2, 0.25) is 0 Å². The van der Waals surface area contributed by atoms with Crippen molar-refractivity contribution in [2.45, 2.75) is 27.2 Å². The molecule has 0 aromatic heterocycles. The molecule has 0 aromatic carbocycles. The van der Waals surface area contributed by atoms with Gasteiger partial charge in [-0.05, 0) is 25.8 Å². The number of carbonyl (C=O) groups is 2. The van der Waals surface area contributed by atoms with Gasteiger partial charge in [0.15, 0.2) is 5.78 Å². The first-order valence-corrected chi connectivity index (χ1v) is 4.73. The summed E-state index contributed by atoms with van der Waals surface area (Å²) in [6.07, 6.45) is 1.97. The minimum atomic E-state index is -0.636. The lowest BCUT2D eigenvalue weighted by Gasteiger charge is -2.36. The van der Waals surface area contributed by atoms with E-state index in [1.807, 2.05) is 20.8 Å². The van der Waals surface area contributed by atoms with Crippen LogP contribution < -0.4 is 0 Å². The lowest BCUT2D eigenvalue weighted by molar-refractivity contribution is -0.152. The first kappa shape index (κ1) is 11.0. The Hall–Kier alpha value is -1.12. The molecular weight excluding hydrogens is 180 g/mol. The molecule has 2 atom stereocenters. The van der Waals surface area contributed by atoms with Crippen LogP contribution in [-0.2, 0) is 14.3 Å². The molecule has 0 aromatic rings. The summed E-state index contributed by atoms with van der Waals surface area (Å²) in [6.45, 7) is 5.55. The minimum Gasteiger partial charge on any atom is -0.468 e. The third kappa shape index (κ3) is 1.47. The van der Waals surface area contributed by atoms with Crippen molar-refractivity contribution in [2.75, 3.05) is 7.11 Å². The Bertz CT molecular complexity index is 304. The molecular formula is C11H16O3. The van der Waals surface area contributed by atoms with E-state index in [1.54, 1.807) is 6.08 Å². The lowest BCUT2D eigenvalue weighted by atomic mass is 9.67. The molecule has 0 saturated carbocycles. The SMILES string of the molecule is COC(=O)[C@]1(C)C(C)=CC(=O)C[C@H]1C. The third-order valence-electron chi connectivity index (χ3n) is 3.30. The molecule has 0 N–H and O–H groups in total. The van der Waals surface area contributed by atoms with Crippen molar-refractivity contribution in [2.24, 2.45) is 11.3 Å². The number of hydrogen-bond donors (Lipinski definition) is 0. The third-order valence-corrected chi connectivity index (χ3v) is 3.30. The molecule has 3 heteroatoms. The maximum atomic E-state index is 11.6. The largest absolute Gasteiger partial charge is 0.468 e. The van der Waals surface area contributed by atoms with Crippen molar-refractivity contribution in [1.29, 1.82) is 0 Å². The molecule has 1 rings (SSSR count). The molecule has 0 spiro atoms. The van der Waals surface area contributed by atoms with Gasteiger partial charge in [0.2, 0.25) is 0 Å². The molecule has 14 heavy (non-hydrogen) atoms. The summed E-state index contributed by atoms with van der Waals surface area (Å²) < 4.78 is 4.78. The predicted octanol–water partition coefficient (Wildman–Crippen LogP) is 1.72. The molecule has 0 unspecified atom stereocenters. The van der Waals surface area contributed by atoms with E-state index in [4.69, 9.17) is 4.74 Å². The Labute approximate surface area is 84.1 Å². The van der Waals surface area contributed by atoms with Gasteiger partial charge in [-0.25, -0.2) is 0 Å². The highest BCUT2D eigenvalue weighted by molar-refractivity contribution is 5.95. The van der Waals surface area contributed by atoms with E-state index in [0.717, 1.165) is 5.57 Å². The zero-order chi connectivity index (χ0) is 10.9. The summed E-state index contributed by atoms with van der Waals surface area (Å²) in [6, 6.07) is 0. The first-order valence-electron chi connectivity index (χ1n) is 4.73. The average Bonchev–Trinajstić information content (AvgIpc) is 2.12. The summed E-state index contributed by atoms with van der Waals surface area (Å²) in [5, 5.41) is 0. The first-order chi connectivity index (χ1) is 6.42. The molecule has 0 heterocycles. The normalized spacial score (nSPS) is 32.4. The average molecular weight is 196 g/mol. The van der Waals surface area contributed by atoms with Crippen molar-refractivity contribution >= 4 is 11.8 Å². The smallest absolute Gasteiger partial charge is 0.315 e. The van der Waals surface area contributed by atoms with Gasteiger partial charge < -0.3 is 4.74 Å². The van der Waals surface area contributed by atoms with Gasteiger partial charge >= 0.3 is 5.97 Å². The van der Waals surface area contributed by atoms with Gasteiger partial charge in [-0.2, -0.15) is 0 Å². The van der Waals surface area contributed by atoms with Crippen LogP contribution in [0, 0.1) is 11.3 Å². The fraction of sp³-hybridized carbons (Fsp3) is 0.636. The molecule has 0 aliphatic heterocycles. The molecule has 78 valence electrons. The second kappa shape index (κ2) is 3.56. The van der Waals surface area contributed by atoms with Crippen LogP contribution in [0.5, 0.6) is 0 Å². The summed E-state index contributed by atoms with van der Waals surface area (Å²) in [4.78, 5) is 22.9. The summed E-state index contributed by atoms with van der Waals surface area (Å²) in [5.41, 5.74) is 0.163. The number of hydrogen-bond acceptors (Lipinski definition) is 3. The fourth-order valence-electron chi connectivity index (χ4n) is 1.92. The van der Waals surface area contributed by atoms with Gasteiger partial charge in [0, 0.05) is 6.42 Å². The summed E-state index contributed by atoms with van der Waals surface area (Å²) in [7, 11) is 1.38. The maximum Gasteiger partial charge on any atom is 0.315 e. The highest BCUT2D eigenvalue weighted by Crippen LogP contribution is 2.41. The van der Waals surface area contributed by atoms with Gasteiger partial charge in [0.1, 0.15) is 0 Å². The number of carbonyl (C=O) groups excluding carboxylic acids is 2. The molecule has 1 aliphatic carbocycles. The van der Waals surface area contributed by atoms with Gasteiger partial charge in [-0.15, -0.1) is 0 Å². The van der Waals surface area contributed by atoms with E-state index in [-0.39, 0.29) is 17.7 Å². The Balaban J connectivity index is 3.13. The minimum absolute atomic E-state index is 0.00690. The standard InChI is InChI=1S/C11H16O3/c1-7-5-9(12)6-8(2)11(7,3)10(13)14-4/h5,8H,6H2,1-4H3/t8-,11-/m1/s1. The quantitative estimate of drug-likeness (QED) is 0.600. The van der Waals surface area contributed by atoms with Crippen LogP contribution in [0.1, 0.15) is 27.2 Å². The molecule has 0 bridgehead atoms. The Morgan fingerprint density at radius 2 is 2.21 bits per heavy atom. The Kier molecular flexibility index (Phi) is 2.79. The monoisotopic (exact) mass is 196 g/mol. The molecule has 0 saturated heterocycles. The Morgan fingerprint density at radius 1 is 1.64 bits per heavy atom. The van der Waals surface area contributed by atoms with E-state index in [0.29, 0.717) is 6.42 Å². The highest BCUT2D eigenvalue weighted by Gasteiger charge is 2.44. The lowest BCUT2D eigenvalue weighted by Crippen LogP contribution is -2.40. The number of rotatable bonds is 1. The highest BCUT2D eigenvalue weighted by atomic mass is 16.5. The zero-order valence-electron chi connectivity index (χ0n) is 9.09. The number of methoxy groups -OCH3 is 1. The predicted molar refractivity (Wildman–Crippen MR) is 52.7 cm³/mol. The molecule has 3 nitrogen and oxygen atoms in total. The number of ketones is 1. The summed E-state index contributed by atoms with van der Waals surface area (Å²) >= 11 is 0. The van der Waals surface area contributed by atoms with E-state index >= 15 is 0 Å². The molecule has 0 radical (unpaired) electrons. The number of esters is 1. The van der Waals surface area contributed by atoms with Crippen LogP contribution in [0.4, 0.5) is 0 Å². The van der Waals surface area contributed by atoms with Crippen molar-refractivity contribution in [1.82, 2.24) is 0 Å². The van der Waals surface area contributed by atoms with E-state index in [1.165, 1.54) is 7.11 Å². The number of allylic oxidation sites excluding steroid dienone is 1. The second-order valence-electron chi connectivity index (χ2n) is 4.09. The van der Waals surface area contributed by atoms with Crippen LogP contribution in [-0.4, -0.2) is 18.9 Å². The molecule has 0 amide bonds. The van der Waals surface area contributed by atoms with Crippen LogP contribution >= 0.6 is 0 Å².